The highest BCUT2D eigenvalue weighted by molar-refractivity contribution is 6.15. The van der Waals surface area contributed by atoms with Crippen LogP contribution < -0.4 is 18.9 Å². The second-order valence-electron chi connectivity index (χ2n) is 9.51. The third-order valence-corrected chi connectivity index (χ3v) is 6.75. The van der Waals surface area contributed by atoms with Crippen LogP contribution in [0.1, 0.15) is 43.0 Å². The van der Waals surface area contributed by atoms with E-state index < -0.39 is 0 Å². The molecule has 5 aromatic rings. The summed E-state index contributed by atoms with van der Waals surface area (Å²) >= 11 is 0. The number of methoxy groups -OCH3 is 2. The van der Waals surface area contributed by atoms with E-state index in [0.717, 1.165) is 22.6 Å². The standard InChI is InChI=1S/C36H30O6/c1-39-29-17-13-25(14-18-29)23-41-33-22-34(42-24-26-15-19-30(40-2)20-16-26)32(36(38)28-11-7-4-8-12-28)21-31(33)35(37)27-9-5-3-6-10-27/h3-22H,23-24H2,1-2H3. The third-order valence-electron chi connectivity index (χ3n) is 6.75. The van der Waals surface area contributed by atoms with Gasteiger partial charge in [0, 0.05) is 17.2 Å². The van der Waals surface area contributed by atoms with Gasteiger partial charge in [0.2, 0.25) is 0 Å². The Kier molecular flexibility index (Phi) is 8.94. The maximum atomic E-state index is 13.8. The predicted octanol–water partition coefficient (Wildman–Crippen LogP) is 7.32. The number of ether oxygens (including phenoxy) is 4. The topological polar surface area (TPSA) is 71.1 Å². The summed E-state index contributed by atoms with van der Waals surface area (Å²) in [5.41, 5.74) is 3.28. The minimum atomic E-state index is -0.260. The van der Waals surface area contributed by atoms with E-state index in [2.05, 4.69) is 0 Å². The van der Waals surface area contributed by atoms with E-state index in [1.165, 1.54) is 0 Å². The molecule has 6 nitrogen and oxygen atoms in total. The molecule has 0 aliphatic carbocycles. The zero-order valence-corrected chi connectivity index (χ0v) is 23.4. The molecule has 0 saturated carbocycles. The van der Waals surface area contributed by atoms with Crippen LogP contribution in [0, 0.1) is 0 Å². The Bertz CT molecular complexity index is 1520. The first kappa shape index (κ1) is 28.2. The van der Waals surface area contributed by atoms with Crippen LogP contribution in [0.4, 0.5) is 0 Å². The summed E-state index contributed by atoms with van der Waals surface area (Å²) < 4.78 is 23.0. The molecule has 0 aliphatic rings. The average molecular weight is 559 g/mol. The number of hydrogen-bond acceptors (Lipinski definition) is 6. The van der Waals surface area contributed by atoms with Crippen molar-refractivity contribution in [2.45, 2.75) is 13.2 Å². The molecule has 210 valence electrons. The fourth-order valence-corrected chi connectivity index (χ4v) is 4.41. The van der Waals surface area contributed by atoms with Gasteiger partial charge in [-0.2, -0.15) is 0 Å². The molecule has 6 heteroatoms. The van der Waals surface area contributed by atoms with E-state index in [0.29, 0.717) is 22.6 Å². The first-order valence-electron chi connectivity index (χ1n) is 13.4. The number of hydrogen-bond donors (Lipinski definition) is 0. The zero-order chi connectivity index (χ0) is 29.3. The summed E-state index contributed by atoms with van der Waals surface area (Å²) in [6, 6.07) is 36.0. The molecule has 5 rings (SSSR count). The summed E-state index contributed by atoms with van der Waals surface area (Å²) in [5, 5.41) is 0. The average Bonchev–Trinajstić information content (AvgIpc) is 3.06. The lowest BCUT2D eigenvalue weighted by Crippen LogP contribution is -2.11. The molecule has 0 saturated heterocycles. The van der Waals surface area contributed by atoms with Crippen LogP contribution >= 0.6 is 0 Å². The second kappa shape index (κ2) is 13.3. The van der Waals surface area contributed by atoms with Crippen molar-refractivity contribution in [2.24, 2.45) is 0 Å². The van der Waals surface area contributed by atoms with Crippen LogP contribution in [-0.4, -0.2) is 25.8 Å². The maximum absolute atomic E-state index is 13.8. The highest BCUT2D eigenvalue weighted by atomic mass is 16.5. The van der Waals surface area contributed by atoms with Gasteiger partial charge in [-0.1, -0.05) is 84.9 Å². The molecule has 42 heavy (non-hydrogen) atoms. The first-order valence-corrected chi connectivity index (χ1v) is 13.4. The van der Waals surface area contributed by atoms with Gasteiger partial charge in [0.05, 0.1) is 25.3 Å². The number of benzene rings is 5. The number of rotatable bonds is 12. The Morgan fingerprint density at radius 1 is 0.500 bits per heavy atom. The second-order valence-corrected chi connectivity index (χ2v) is 9.51. The van der Waals surface area contributed by atoms with Crippen molar-refractivity contribution >= 4 is 11.6 Å². The number of ketones is 2. The van der Waals surface area contributed by atoms with E-state index in [9.17, 15) is 9.59 Å². The van der Waals surface area contributed by atoms with Gasteiger partial charge in [-0.3, -0.25) is 9.59 Å². The summed E-state index contributed by atoms with van der Waals surface area (Å²) in [7, 11) is 3.22. The summed E-state index contributed by atoms with van der Waals surface area (Å²) in [4.78, 5) is 27.5. The van der Waals surface area contributed by atoms with Crippen molar-refractivity contribution in [1.29, 1.82) is 0 Å². The van der Waals surface area contributed by atoms with E-state index in [4.69, 9.17) is 18.9 Å². The lowest BCUT2D eigenvalue weighted by atomic mass is 9.95. The monoisotopic (exact) mass is 558 g/mol. The molecular weight excluding hydrogens is 528 g/mol. The summed E-state index contributed by atoms with van der Waals surface area (Å²) in [6.07, 6.45) is 0. The van der Waals surface area contributed by atoms with E-state index in [1.807, 2.05) is 60.7 Å². The van der Waals surface area contributed by atoms with Crippen LogP contribution in [0.5, 0.6) is 23.0 Å². The fraction of sp³-hybridized carbons (Fsp3) is 0.111. The molecule has 0 fully saturated rings. The van der Waals surface area contributed by atoms with Crippen molar-refractivity contribution < 1.29 is 28.5 Å². The summed E-state index contributed by atoms with van der Waals surface area (Å²) in [5.74, 6) is 1.57. The Morgan fingerprint density at radius 3 is 1.24 bits per heavy atom. The minimum absolute atomic E-state index is 0.197. The lowest BCUT2D eigenvalue weighted by Gasteiger charge is -2.17. The van der Waals surface area contributed by atoms with Gasteiger partial charge >= 0.3 is 0 Å². The van der Waals surface area contributed by atoms with Crippen LogP contribution in [-0.2, 0) is 13.2 Å². The summed E-state index contributed by atoms with van der Waals surface area (Å²) in [6.45, 7) is 0.395. The van der Waals surface area contributed by atoms with Crippen molar-refractivity contribution in [1.82, 2.24) is 0 Å². The predicted molar refractivity (Wildman–Crippen MR) is 161 cm³/mol. The van der Waals surface area contributed by atoms with Crippen LogP contribution in [0.3, 0.4) is 0 Å². The molecule has 0 aromatic heterocycles. The molecular formula is C36H30O6. The van der Waals surface area contributed by atoms with Crippen molar-refractivity contribution in [3.63, 3.8) is 0 Å². The van der Waals surface area contributed by atoms with Gasteiger partial charge < -0.3 is 18.9 Å². The van der Waals surface area contributed by atoms with Crippen LogP contribution in [0.2, 0.25) is 0 Å². The van der Waals surface area contributed by atoms with Gasteiger partial charge in [-0.05, 0) is 41.5 Å². The maximum Gasteiger partial charge on any atom is 0.196 e. The van der Waals surface area contributed by atoms with Gasteiger partial charge in [0.1, 0.15) is 36.2 Å². The molecule has 0 aliphatic heterocycles. The molecule has 0 spiro atoms. The Labute approximate surface area is 245 Å². The van der Waals surface area contributed by atoms with Crippen LogP contribution in [0.15, 0.2) is 121 Å². The van der Waals surface area contributed by atoms with Gasteiger partial charge in [-0.15, -0.1) is 0 Å². The molecule has 0 heterocycles. The van der Waals surface area contributed by atoms with E-state index in [-0.39, 0.29) is 35.9 Å². The fourth-order valence-electron chi connectivity index (χ4n) is 4.41. The molecule has 0 atom stereocenters. The number of carbonyl (C=O) groups is 2. The quantitative estimate of drug-likeness (QED) is 0.149. The third kappa shape index (κ3) is 6.67. The van der Waals surface area contributed by atoms with Gasteiger partial charge in [-0.25, -0.2) is 0 Å². The Hall–Kier alpha value is -5.36. The molecule has 0 unspecified atom stereocenters. The molecule has 0 radical (unpaired) electrons. The Morgan fingerprint density at radius 2 is 0.881 bits per heavy atom. The molecule has 0 bridgehead atoms. The van der Waals surface area contributed by atoms with Crippen molar-refractivity contribution in [3.05, 3.63) is 155 Å². The normalized spacial score (nSPS) is 10.5. The van der Waals surface area contributed by atoms with Crippen LogP contribution in [0.25, 0.3) is 0 Å². The smallest absolute Gasteiger partial charge is 0.196 e. The Balaban J connectivity index is 1.56. The van der Waals surface area contributed by atoms with Crippen molar-refractivity contribution in [2.75, 3.05) is 14.2 Å². The number of carbonyl (C=O) groups excluding carboxylic acids is 2. The SMILES string of the molecule is COc1ccc(COc2cc(OCc3ccc(OC)cc3)c(C(=O)c3ccccc3)cc2C(=O)c2ccccc2)cc1. The first-order chi connectivity index (χ1) is 20.6. The highest BCUT2D eigenvalue weighted by Gasteiger charge is 2.23. The largest absolute Gasteiger partial charge is 0.497 e. The van der Waals surface area contributed by atoms with Gasteiger partial charge in [0.25, 0.3) is 0 Å². The van der Waals surface area contributed by atoms with E-state index >= 15 is 0 Å². The van der Waals surface area contributed by atoms with Crippen molar-refractivity contribution in [3.8, 4) is 23.0 Å². The molecule has 0 amide bonds. The highest BCUT2D eigenvalue weighted by Crippen LogP contribution is 2.34. The molecule has 5 aromatic carbocycles. The van der Waals surface area contributed by atoms with Gasteiger partial charge in [0.15, 0.2) is 11.6 Å². The van der Waals surface area contributed by atoms with E-state index in [1.54, 1.807) is 74.9 Å². The molecule has 0 N–H and O–H groups in total. The minimum Gasteiger partial charge on any atom is -0.497 e. The zero-order valence-electron chi connectivity index (χ0n) is 23.4. The lowest BCUT2D eigenvalue weighted by molar-refractivity contribution is 0.103.